The highest BCUT2D eigenvalue weighted by Crippen LogP contribution is 2.27. The number of nitrogens with one attached hydrogen (secondary N) is 1. The first-order chi connectivity index (χ1) is 10.8. The minimum atomic E-state index is 0.791. The lowest BCUT2D eigenvalue weighted by Crippen LogP contribution is -1.95. The highest BCUT2D eigenvalue weighted by atomic mass is 16.5. The van der Waals surface area contributed by atoms with Gasteiger partial charge in [-0.25, -0.2) is 0 Å². The second kappa shape index (κ2) is 6.22. The molecule has 0 saturated heterocycles. The van der Waals surface area contributed by atoms with Crippen LogP contribution in [0.1, 0.15) is 11.3 Å². The summed E-state index contributed by atoms with van der Waals surface area (Å²) in [6.45, 7) is 1.96. The molecule has 5 heteroatoms. The summed E-state index contributed by atoms with van der Waals surface area (Å²) in [5.41, 5.74) is 6.79. The van der Waals surface area contributed by atoms with Gasteiger partial charge >= 0.3 is 0 Å². The van der Waals surface area contributed by atoms with Crippen molar-refractivity contribution in [3.63, 3.8) is 0 Å². The molecule has 3 rings (SSSR count). The summed E-state index contributed by atoms with van der Waals surface area (Å²) in [7, 11) is 1.65. The smallest absolute Gasteiger partial charge is 0.119 e. The van der Waals surface area contributed by atoms with Crippen LogP contribution in [0, 0.1) is 6.92 Å². The van der Waals surface area contributed by atoms with Gasteiger partial charge in [0, 0.05) is 23.5 Å². The average molecular weight is 292 g/mol. The van der Waals surface area contributed by atoms with Crippen LogP contribution in [0.25, 0.3) is 10.9 Å². The lowest BCUT2D eigenvalue weighted by Gasteiger charge is -2.08. The second-order valence-electron chi connectivity index (χ2n) is 4.84. The molecule has 0 fully saturated rings. The molecule has 0 spiro atoms. The Morgan fingerprint density at radius 1 is 1.14 bits per heavy atom. The number of anilines is 1. The number of hydrogen-bond donors (Lipinski definition) is 1. The van der Waals surface area contributed by atoms with Crippen LogP contribution < -0.4 is 10.2 Å². The number of ether oxygens (including phenoxy) is 1. The van der Waals surface area contributed by atoms with Crippen LogP contribution in [0.2, 0.25) is 0 Å². The van der Waals surface area contributed by atoms with Crippen molar-refractivity contribution in [3.05, 3.63) is 60.0 Å². The summed E-state index contributed by atoms with van der Waals surface area (Å²) >= 11 is 0. The van der Waals surface area contributed by atoms with Crippen LogP contribution in [-0.4, -0.2) is 23.3 Å². The highest BCUT2D eigenvalue weighted by molar-refractivity contribution is 5.93. The van der Waals surface area contributed by atoms with Crippen molar-refractivity contribution < 1.29 is 4.74 Å². The standard InChI is InChI=1S/C17H16N4O/c1-12-9-17(21-19-11-13-5-7-18-8-6-13)15-10-14(22-2)3-4-16(15)20-12/h3-11H,1-2H3,(H,20,21). The van der Waals surface area contributed by atoms with Crippen molar-refractivity contribution in [2.45, 2.75) is 6.92 Å². The average Bonchev–Trinajstić information content (AvgIpc) is 2.55. The zero-order chi connectivity index (χ0) is 15.4. The number of fused-ring (bicyclic) bond motifs is 1. The van der Waals surface area contributed by atoms with E-state index in [0.29, 0.717) is 0 Å². The quantitative estimate of drug-likeness (QED) is 0.591. The summed E-state index contributed by atoms with van der Waals surface area (Å²) in [4.78, 5) is 8.50. The normalized spacial score (nSPS) is 11.0. The molecular weight excluding hydrogens is 276 g/mol. The summed E-state index contributed by atoms with van der Waals surface area (Å²) in [5.74, 6) is 0.791. The molecule has 0 unspecified atom stereocenters. The van der Waals surface area contributed by atoms with E-state index in [0.717, 1.165) is 33.6 Å². The Kier molecular flexibility index (Phi) is 3.96. The topological polar surface area (TPSA) is 59.4 Å². The van der Waals surface area contributed by atoms with Crippen molar-refractivity contribution >= 4 is 22.8 Å². The fourth-order valence-corrected chi connectivity index (χ4v) is 2.18. The monoisotopic (exact) mass is 292 g/mol. The third-order valence-electron chi connectivity index (χ3n) is 3.25. The van der Waals surface area contributed by atoms with E-state index < -0.39 is 0 Å². The molecular formula is C17H16N4O. The van der Waals surface area contributed by atoms with E-state index in [1.165, 1.54) is 0 Å². The van der Waals surface area contributed by atoms with Crippen molar-refractivity contribution in [1.82, 2.24) is 9.97 Å². The number of hydrazone groups is 1. The predicted molar refractivity (Wildman–Crippen MR) is 88.5 cm³/mol. The molecule has 110 valence electrons. The minimum absolute atomic E-state index is 0.791. The number of hydrogen-bond acceptors (Lipinski definition) is 5. The SMILES string of the molecule is COc1ccc2nc(C)cc(NN=Cc3ccncc3)c2c1. The minimum Gasteiger partial charge on any atom is -0.497 e. The van der Waals surface area contributed by atoms with Crippen LogP contribution in [0.15, 0.2) is 53.9 Å². The molecule has 0 aliphatic rings. The number of methoxy groups -OCH3 is 1. The van der Waals surface area contributed by atoms with Crippen LogP contribution in [0.4, 0.5) is 5.69 Å². The van der Waals surface area contributed by atoms with E-state index in [1.807, 2.05) is 43.3 Å². The molecule has 0 amide bonds. The third kappa shape index (κ3) is 3.03. The fraction of sp³-hybridized carbons (Fsp3) is 0.118. The van der Waals surface area contributed by atoms with Gasteiger partial charge in [0.1, 0.15) is 5.75 Å². The van der Waals surface area contributed by atoms with Crippen molar-refractivity contribution in [3.8, 4) is 5.75 Å². The molecule has 1 aromatic carbocycles. The molecule has 5 nitrogen and oxygen atoms in total. The van der Waals surface area contributed by atoms with E-state index in [9.17, 15) is 0 Å². The molecule has 3 aromatic rings. The largest absolute Gasteiger partial charge is 0.497 e. The van der Waals surface area contributed by atoms with Crippen LogP contribution in [0.3, 0.4) is 0 Å². The lowest BCUT2D eigenvalue weighted by atomic mass is 10.1. The molecule has 2 heterocycles. The maximum atomic E-state index is 5.28. The predicted octanol–water partition coefficient (Wildman–Crippen LogP) is 3.39. The van der Waals surface area contributed by atoms with Gasteiger partial charge in [-0.1, -0.05) is 0 Å². The summed E-state index contributed by atoms with van der Waals surface area (Å²) < 4.78 is 5.28. The van der Waals surface area contributed by atoms with E-state index in [2.05, 4.69) is 20.5 Å². The maximum Gasteiger partial charge on any atom is 0.119 e. The van der Waals surface area contributed by atoms with E-state index in [-0.39, 0.29) is 0 Å². The number of aromatic nitrogens is 2. The first-order valence-electron chi connectivity index (χ1n) is 6.91. The molecule has 0 radical (unpaired) electrons. The second-order valence-corrected chi connectivity index (χ2v) is 4.84. The third-order valence-corrected chi connectivity index (χ3v) is 3.25. The van der Waals surface area contributed by atoms with Crippen molar-refractivity contribution in [2.24, 2.45) is 5.10 Å². The van der Waals surface area contributed by atoms with Gasteiger partial charge in [0.05, 0.1) is 24.5 Å². The van der Waals surface area contributed by atoms with E-state index >= 15 is 0 Å². The van der Waals surface area contributed by atoms with Gasteiger partial charge in [0.15, 0.2) is 0 Å². The Balaban J connectivity index is 1.93. The summed E-state index contributed by atoms with van der Waals surface area (Å²) in [5, 5.41) is 5.26. The number of nitrogens with zero attached hydrogens (tertiary/aromatic N) is 3. The van der Waals surface area contributed by atoms with Crippen LogP contribution >= 0.6 is 0 Å². The maximum absolute atomic E-state index is 5.28. The van der Waals surface area contributed by atoms with Gasteiger partial charge in [-0.15, -0.1) is 0 Å². The molecule has 0 aliphatic heterocycles. The van der Waals surface area contributed by atoms with E-state index in [4.69, 9.17) is 4.74 Å². The molecule has 0 saturated carbocycles. The number of benzene rings is 1. The molecule has 1 N–H and O–H groups in total. The fourth-order valence-electron chi connectivity index (χ4n) is 2.18. The van der Waals surface area contributed by atoms with Gasteiger partial charge in [-0.05, 0) is 48.9 Å². The van der Waals surface area contributed by atoms with Crippen molar-refractivity contribution in [2.75, 3.05) is 12.5 Å². The number of aryl methyl sites for hydroxylation is 1. The summed E-state index contributed by atoms with van der Waals surface area (Å²) in [6, 6.07) is 11.5. The van der Waals surface area contributed by atoms with Gasteiger partial charge in [0.2, 0.25) is 0 Å². The molecule has 22 heavy (non-hydrogen) atoms. The zero-order valence-corrected chi connectivity index (χ0v) is 12.4. The molecule has 0 atom stereocenters. The Labute approximate surface area is 128 Å². The van der Waals surface area contributed by atoms with Crippen LogP contribution in [-0.2, 0) is 0 Å². The molecule has 0 bridgehead atoms. The van der Waals surface area contributed by atoms with Crippen molar-refractivity contribution in [1.29, 1.82) is 0 Å². The zero-order valence-electron chi connectivity index (χ0n) is 12.4. The molecule has 2 aromatic heterocycles. The van der Waals surface area contributed by atoms with Gasteiger partial charge in [-0.3, -0.25) is 15.4 Å². The number of pyridine rings is 2. The molecule has 0 aliphatic carbocycles. The van der Waals surface area contributed by atoms with Gasteiger partial charge in [0.25, 0.3) is 0 Å². The van der Waals surface area contributed by atoms with E-state index in [1.54, 1.807) is 25.7 Å². The first kappa shape index (κ1) is 14.0. The summed E-state index contributed by atoms with van der Waals surface area (Å²) in [6.07, 6.45) is 5.22. The Morgan fingerprint density at radius 3 is 2.73 bits per heavy atom. The first-order valence-corrected chi connectivity index (χ1v) is 6.91. The Bertz CT molecular complexity index is 816. The number of rotatable bonds is 4. The Morgan fingerprint density at radius 2 is 1.95 bits per heavy atom. The lowest BCUT2D eigenvalue weighted by molar-refractivity contribution is 0.415. The Hall–Kier alpha value is -2.95. The highest BCUT2D eigenvalue weighted by Gasteiger charge is 2.05. The van der Waals surface area contributed by atoms with Gasteiger partial charge in [-0.2, -0.15) is 5.10 Å². The van der Waals surface area contributed by atoms with Gasteiger partial charge < -0.3 is 4.74 Å². The van der Waals surface area contributed by atoms with Crippen LogP contribution in [0.5, 0.6) is 5.75 Å².